The average Bonchev–Trinajstić information content (AvgIpc) is 2.81. The molecule has 0 bridgehead atoms. The van der Waals surface area contributed by atoms with Crippen molar-refractivity contribution in [3.63, 3.8) is 0 Å². The van der Waals surface area contributed by atoms with Crippen LogP contribution in [0.5, 0.6) is 11.5 Å². The summed E-state index contributed by atoms with van der Waals surface area (Å²) in [4.78, 5) is 42.6. The van der Waals surface area contributed by atoms with Crippen LogP contribution in [0.3, 0.4) is 0 Å². The first kappa shape index (κ1) is 21.8. The van der Waals surface area contributed by atoms with E-state index in [0.717, 1.165) is 5.56 Å². The first-order valence-corrected chi connectivity index (χ1v) is 11.9. The van der Waals surface area contributed by atoms with Crippen LogP contribution in [0.15, 0.2) is 47.5 Å². The maximum absolute atomic E-state index is 11.8. The number of nitrogens with zero attached hydrogens (tertiary/aromatic N) is 1. The molecule has 8 nitrogen and oxygen atoms in total. The van der Waals surface area contributed by atoms with E-state index in [0.29, 0.717) is 35.5 Å². The van der Waals surface area contributed by atoms with Crippen LogP contribution in [0.25, 0.3) is 0 Å². The van der Waals surface area contributed by atoms with E-state index in [1.165, 1.54) is 0 Å². The standard InChI is InChI=1S/C20H20N2O6.Al.ClH/c23-11-3-6-19(26)22-28-20(27)10-8-14-7-9-17(24)15(12-14)13-21-16-4-1-2-5-18(16)25;;/h1-2,4-5,7,9,11-13,24-25H,3,6,8,10H2,(H,22,26);;1H/q;+3;/p-3. The number of amides is 1. The Labute approximate surface area is 182 Å². The van der Waals surface area contributed by atoms with Crippen LogP contribution >= 0.6 is 10.0 Å². The SMILES string of the molecule is O=CCCC(=O)NOC(=O)CCc1ccc2c(c1)C=Nc1ccccc1[O][Al]([Cl])[O]2. The Bertz CT molecular complexity index is 968. The first-order valence-electron chi connectivity index (χ1n) is 9.20. The van der Waals surface area contributed by atoms with Gasteiger partial charge < -0.3 is 17.2 Å². The summed E-state index contributed by atoms with van der Waals surface area (Å²) in [6.45, 7) is 0. The van der Waals surface area contributed by atoms with E-state index in [4.69, 9.17) is 22.5 Å². The highest BCUT2D eigenvalue weighted by Gasteiger charge is 2.33. The summed E-state index contributed by atoms with van der Waals surface area (Å²) in [7, 11) is 6.28. The second-order valence-corrected chi connectivity index (χ2v) is 8.40. The Morgan fingerprint density at radius 1 is 1.13 bits per heavy atom. The fourth-order valence-electron chi connectivity index (χ4n) is 2.64. The number of nitrogens with one attached hydrogen (secondary N) is 1. The number of para-hydroxylation sites is 2. The third kappa shape index (κ3) is 6.32. The van der Waals surface area contributed by atoms with Crippen molar-refractivity contribution in [1.29, 1.82) is 0 Å². The molecule has 154 valence electrons. The number of carbonyl (C=O) groups excluding carboxylic acids is 3. The minimum absolute atomic E-state index is 0.0291. The highest BCUT2D eigenvalue weighted by Crippen LogP contribution is 2.31. The molecule has 0 aromatic heterocycles. The number of rotatable bonds is 6. The number of aldehydes is 1. The molecule has 30 heavy (non-hydrogen) atoms. The summed E-state index contributed by atoms with van der Waals surface area (Å²) in [5, 5.41) is 0. The van der Waals surface area contributed by atoms with E-state index in [2.05, 4.69) is 4.99 Å². The second-order valence-electron chi connectivity index (χ2n) is 6.31. The lowest BCUT2D eigenvalue weighted by Gasteiger charge is -2.13. The van der Waals surface area contributed by atoms with Gasteiger partial charge in [-0.2, -0.15) is 15.5 Å². The van der Waals surface area contributed by atoms with E-state index in [1.54, 1.807) is 18.3 Å². The van der Waals surface area contributed by atoms with Gasteiger partial charge >= 0.3 is 19.9 Å². The third-order valence-electron chi connectivity index (χ3n) is 4.11. The molecule has 0 unspecified atom stereocenters. The fourth-order valence-corrected chi connectivity index (χ4v) is 4.08. The van der Waals surface area contributed by atoms with E-state index >= 15 is 0 Å². The minimum Gasteiger partial charge on any atom is -0.599 e. The van der Waals surface area contributed by atoms with Crippen LogP contribution in [0.4, 0.5) is 5.69 Å². The van der Waals surface area contributed by atoms with Gasteiger partial charge in [0, 0.05) is 24.6 Å². The van der Waals surface area contributed by atoms with Gasteiger partial charge in [-0.25, -0.2) is 4.79 Å². The molecule has 0 radical (unpaired) electrons. The monoisotopic (exact) mass is 444 g/mol. The van der Waals surface area contributed by atoms with Crippen LogP contribution in [0.1, 0.15) is 30.4 Å². The number of hydrogen-bond acceptors (Lipinski definition) is 7. The normalized spacial score (nSPS) is 12.1. The Morgan fingerprint density at radius 2 is 1.93 bits per heavy atom. The zero-order chi connectivity index (χ0) is 21.3. The third-order valence-corrected chi connectivity index (χ3v) is 5.52. The smallest absolute Gasteiger partial charge is 0.599 e. The Hall–Kier alpha value is -2.86. The highest BCUT2D eigenvalue weighted by atomic mass is 35.6. The van der Waals surface area contributed by atoms with Gasteiger partial charge in [0.05, 0.1) is 12.2 Å². The van der Waals surface area contributed by atoms with E-state index in [1.807, 2.05) is 35.8 Å². The molecule has 0 spiro atoms. The Kier molecular flexibility index (Phi) is 7.85. The van der Waals surface area contributed by atoms with Crippen molar-refractivity contribution in [3.05, 3.63) is 53.6 Å². The van der Waals surface area contributed by atoms with Gasteiger partial charge in [0.2, 0.25) is 0 Å². The van der Waals surface area contributed by atoms with Gasteiger partial charge in [0.15, 0.2) is 0 Å². The van der Waals surface area contributed by atoms with Crippen LogP contribution in [0, 0.1) is 0 Å². The zero-order valence-electron chi connectivity index (χ0n) is 15.9. The van der Waals surface area contributed by atoms with Crippen molar-refractivity contribution in [3.8, 4) is 11.5 Å². The Balaban J connectivity index is 1.64. The van der Waals surface area contributed by atoms with E-state index in [-0.39, 0.29) is 19.3 Å². The lowest BCUT2D eigenvalue weighted by Crippen LogP contribution is -2.27. The largest absolute Gasteiger partial charge is 0.999 e. The van der Waals surface area contributed by atoms with Gasteiger partial charge in [-0.15, -0.1) is 0 Å². The van der Waals surface area contributed by atoms with Crippen LogP contribution < -0.4 is 13.1 Å². The number of benzene rings is 2. The molecule has 2 aromatic rings. The molecule has 0 saturated carbocycles. The molecule has 0 atom stereocenters. The molecule has 10 heteroatoms. The molecule has 3 rings (SSSR count). The predicted molar refractivity (Wildman–Crippen MR) is 111 cm³/mol. The summed E-state index contributed by atoms with van der Waals surface area (Å²) >= 11 is -2.49. The molecule has 1 aliphatic rings. The van der Waals surface area contributed by atoms with Crippen LogP contribution in [0.2, 0.25) is 0 Å². The summed E-state index contributed by atoms with van der Waals surface area (Å²) in [6, 6.07) is 12.7. The average molecular weight is 445 g/mol. The number of hydrogen-bond donors (Lipinski definition) is 1. The molecular formula is C20H18AlClN2O6. The van der Waals surface area contributed by atoms with Crippen molar-refractivity contribution < 1.29 is 26.8 Å². The summed E-state index contributed by atoms with van der Waals surface area (Å²) in [5.41, 5.74) is 4.24. The van der Waals surface area contributed by atoms with Crippen molar-refractivity contribution in [1.82, 2.24) is 5.48 Å². The summed E-state index contributed by atoms with van der Waals surface area (Å²) in [6.07, 6.45) is 2.77. The number of aliphatic imine (C=N–C) groups is 1. The first-order chi connectivity index (χ1) is 14.5. The molecule has 1 heterocycles. The van der Waals surface area contributed by atoms with Gasteiger partial charge in [-0.3, -0.25) is 9.79 Å². The maximum Gasteiger partial charge on any atom is 0.999 e. The molecular weight excluding hydrogens is 427 g/mol. The number of halogens is 1. The van der Waals surface area contributed by atoms with Crippen LogP contribution in [-0.4, -0.2) is 38.3 Å². The minimum atomic E-state index is -2.49. The lowest BCUT2D eigenvalue weighted by molar-refractivity contribution is -0.158. The molecule has 1 amide bonds. The van der Waals surface area contributed by atoms with Crippen molar-refractivity contribution in [2.24, 2.45) is 4.99 Å². The van der Waals surface area contributed by atoms with Crippen molar-refractivity contribution in [2.75, 3.05) is 0 Å². The molecule has 0 fully saturated rings. The molecule has 0 saturated heterocycles. The fraction of sp³-hybridized carbons (Fsp3) is 0.200. The van der Waals surface area contributed by atoms with Gasteiger partial charge in [0.25, 0.3) is 5.91 Å². The number of aryl methyl sites for hydroxylation is 1. The van der Waals surface area contributed by atoms with E-state index in [9.17, 15) is 14.4 Å². The van der Waals surface area contributed by atoms with Crippen molar-refractivity contribution >= 4 is 54.0 Å². The number of hydroxylamine groups is 1. The van der Waals surface area contributed by atoms with Gasteiger partial charge in [0.1, 0.15) is 17.7 Å². The number of carbonyl (C=O) groups is 3. The van der Waals surface area contributed by atoms with Gasteiger partial charge in [-0.05, 0) is 36.2 Å². The van der Waals surface area contributed by atoms with E-state index < -0.39 is 25.8 Å². The molecule has 1 aliphatic heterocycles. The molecule has 0 aliphatic carbocycles. The number of fused-ring (bicyclic) bond motifs is 2. The predicted octanol–water partition coefficient (Wildman–Crippen LogP) is 2.92. The van der Waals surface area contributed by atoms with Crippen molar-refractivity contribution in [2.45, 2.75) is 25.7 Å². The summed E-state index contributed by atoms with van der Waals surface area (Å²) in [5.74, 6) is 0.000100. The molecule has 1 N–H and O–H groups in total. The highest BCUT2D eigenvalue weighted by molar-refractivity contribution is 7.00. The maximum atomic E-state index is 11.8. The molecule has 2 aromatic carbocycles. The quantitative estimate of drug-likeness (QED) is 0.417. The zero-order valence-corrected chi connectivity index (χ0v) is 17.8. The Morgan fingerprint density at radius 3 is 2.77 bits per heavy atom. The lowest BCUT2D eigenvalue weighted by atomic mass is 10.1. The van der Waals surface area contributed by atoms with Crippen LogP contribution in [-0.2, 0) is 25.6 Å². The summed E-state index contributed by atoms with van der Waals surface area (Å²) < 4.78 is 11.5. The topological polar surface area (TPSA) is 103 Å². The second kappa shape index (κ2) is 10.8. The van der Waals surface area contributed by atoms with Gasteiger partial charge in [-0.1, -0.05) is 18.2 Å².